The number of carbonyl (C=O) groups is 4. The minimum absolute atomic E-state index is 0.0283. The lowest BCUT2D eigenvalue weighted by atomic mass is 9.98. The monoisotopic (exact) mass is 562 g/mol. The molecular weight excluding hydrogens is 520 g/mol. The fourth-order valence-electron chi connectivity index (χ4n) is 4.36. The molecule has 1 heterocycles. The zero-order valence-corrected chi connectivity index (χ0v) is 25.3. The van der Waals surface area contributed by atoms with Gasteiger partial charge in [-0.1, -0.05) is 49.4 Å². The second-order valence-electron chi connectivity index (χ2n) is 11.9. The smallest absolute Gasteiger partial charge is 0.407 e. The van der Waals surface area contributed by atoms with Gasteiger partial charge < -0.3 is 24.8 Å². The maximum absolute atomic E-state index is 13.8. The van der Waals surface area contributed by atoms with Crippen molar-refractivity contribution in [2.24, 2.45) is 0 Å². The SMILES string of the molecule is CCC(C)(C)N(C)C(=O)C(C)N(Cc1cccc(CNC(=O)OC(C)(C)C)c1)C(=O)C(=O)c1c[nH]c2ccccc12. The molecule has 1 atom stereocenters. The molecule has 1 unspecified atom stereocenters. The number of hydrogen-bond acceptors (Lipinski definition) is 5. The highest BCUT2D eigenvalue weighted by Crippen LogP contribution is 2.23. The Kier molecular flexibility index (Phi) is 9.63. The second kappa shape index (κ2) is 12.6. The maximum Gasteiger partial charge on any atom is 0.407 e. The third-order valence-electron chi connectivity index (χ3n) is 7.40. The summed E-state index contributed by atoms with van der Waals surface area (Å²) in [6.45, 7) is 13.2. The number of fused-ring (bicyclic) bond motifs is 1. The van der Waals surface area contributed by atoms with E-state index in [0.717, 1.165) is 17.5 Å². The van der Waals surface area contributed by atoms with Crippen molar-refractivity contribution in [2.45, 2.75) is 85.2 Å². The lowest BCUT2D eigenvalue weighted by Crippen LogP contribution is -2.54. The van der Waals surface area contributed by atoms with Crippen LogP contribution in [0.5, 0.6) is 0 Å². The number of H-pyrrole nitrogens is 1. The summed E-state index contributed by atoms with van der Waals surface area (Å²) in [6.07, 6.45) is 1.71. The van der Waals surface area contributed by atoms with Crippen molar-refractivity contribution >= 4 is 34.6 Å². The number of ether oxygens (including phenoxy) is 1. The topological polar surface area (TPSA) is 112 Å². The van der Waals surface area contributed by atoms with E-state index in [2.05, 4.69) is 10.3 Å². The highest BCUT2D eigenvalue weighted by Gasteiger charge is 2.36. The first-order valence-corrected chi connectivity index (χ1v) is 13.9. The molecule has 2 aromatic carbocycles. The molecule has 3 rings (SSSR count). The Morgan fingerprint density at radius 1 is 0.976 bits per heavy atom. The zero-order valence-electron chi connectivity index (χ0n) is 25.3. The summed E-state index contributed by atoms with van der Waals surface area (Å²) in [5.41, 5.74) is 1.44. The third-order valence-corrected chi connectivity index (χ3v) is 7.40. The maximum atomic E-state index is 13.8. The van der Waals surface area contributed by atoms with Crippen LogP contribution < -0.4 is 5.32 Å². The number of aromatic nitrogens is 1. The predicted octanol–water partition coefficient (Wildman–Crippen LogP) is 5.44. The lowest BCUT2D eigenvalue weighted by molar-refractivity contribution is -0.146. The highest BCUT2D eigenvalue weighted by molar-refractivity contribution is 6.45. The van der Waals surface area contributed by atoms with E-state index >= 15 is 0 Å². The molecule has 0 bridgehead atoms. The summed E-state index contributed by atoms with van der Waals surface area (Å²) >= 11 is 0. The minimum atomic E-state index is -0.906. The summed E-state index contributed by atoms with van der Waals surface area (Å²) in [6, 6.07) is 13.7. The van der Waals surface area contributed by atoms with Gasteiger partial charge in [0.1, 0.15) is 11.6 Å². The Morgan fingerprint density at radius 2 is 1.63 bits per heavy atom. The van der Waals surface area contributed by atoms with Crippen LogP contribution in [0.3, 0.4) is 0 Å². The Morgan fingerprint density at radius 3 is 2.29 bits per heavy atom. The first-order valence-electron chi connectivity index (χ1n) is 13.9. The quantitative estimate of drug-likeness (QED) is 0.252. The van der Waals surface area contributed by atoms with Crippen LogP contribution in [0.2, 0.25) is 0 Å². The van der Waals surface area contributed by atoms with Gasteiger partial charge in [0.15, 0.2) is 0 Å². The zero-order chi connectivity index (χ0) is 30.5. The molecule has 0 aliphatic rings. The number of ketones is 1. The van der Waals surface area contributed by atoms with Gasteiger partial charge in [0.25, 0.3) is 11.7 Å². The van der Waals surface area contributed by atoms with Crippen LogP contribution in [0, 0.1) is 0 Å². The number of carbonyl (C=O) groups excluding carboxylic acids is 4. The van der Waals surface area contributed by atoms with Gasteiger partial charge in [-0.3, -0.25) is 14.4 Å². The van der Waals surface area contributed by atoms with Crippen LogP contribution in [0.15, 0.2) is 54.7 Å². The Bertz CT molecular complexity index is 1420. The largest absolute Gasteiger partial charge is 0.444 e. The normalized spacial score (nSPS) is 12.5. The summed E-state index contributed by atoms with van der Waals surface area (Å²) in [5.74, 6) is -1.72. The van der Waals surface area contributed by atoms with Crippen LogP contribution in [-0.2, 0) is 27.4 Å². The van der Waals surface area contributed by atoms with Gasteiger partial charge in [0, 0.05) is 42.8 Å². The van der Waals surface area contributed by atoms with Crippen LogP contribution >= 0.6 is 0 Å². The number of aromatic amines is 1. The fraction of sp³-hybridized carbons (Fsp3) is 0.438. The number of rotatable bonds is 10. The molecule has 220 valence electrons. The molecule has 2 N–H and O–H groups in total. The van der Waals surface area contributed by atoms with E-state index in [4.69, 9.17) is 4.74 Å². The van der Waals surface area contributed by atoms with E-state index in [1.165, 1.54) is 11.1 Å². The number of likely N-dealkylation sites (N-methyl/N-ethyl adjacent to an activating group) is 1. The Labute approximate surface area is 242 Å². The van der Waals surface area contributed by atoms with Crippen molar-refractivity contribution < 1.29 is 23.9 Å². The van der Waals surface area contributed by atoms with Crippen molar-refractivity contribution in [3.05, 3.63) is 71.4 Å². The molecule has 0 radical (unpaired) electrons. The highest BCUT2D eigenvalue weighted by atomic mass is 16.6. The molecule has 3 aromatic rings. The Balaban J connectivity index is 1.90. The van der Waals surface area contributed by atoms with Crippen LogP contribution in [0.1, 0.15) is 76.4 Å². The molecule has 3 amide bonds. The van der Waals surface area contributed by atoms with E-state index in [1.54, 1.807) is 51.8 Å². The number of nitrogens with one attached hydrogen (secondary N) is 2. The third kappa shape index (κ3) is 7.74. The summed E-state index contributed by atoms with van der Waals surface area (Å²) in [7, 11) is 1.72. The number of para-hydroxylation sites is 1. The molecule has 0 aliphatic heterocycles. The van der Waals surface area contributed by atoms with Gasteiger partial charge in [-0.25, -0.2) is 4.79 Å². The molecule has 9 nitrogen and oxygen atoms in total. The van der Waals surface area contributed by atoms with Crippen LogP contribution in [0.25, 0.3) is 10.9 Å². The first-order chi connectivity index (χ1) is 19.1. The van der Waals surface area contributed by atoms with Gasteiger partial charge in [0.05, 0.1) is 5.56 Å². The molecular formula is C32H42N4O5. The fourth-order valence-corrected chi connectivity index (χ4v) is 4.36. The number of nitrogens with zero attached hydrogens (tertiary/aromatic N) is 2. The Hall–Kier alpha value is -4.14. The predicted molar refractivity (Wildman–Crippen MR) is 159 cm³/mol. The average molecular weight is 563 g/mol. The van der Waals surface area contributed by atoms with Crippen molar-refractivity contribution in [2.75, 3.05) is 7.05 Å². The van der Waals surface area contributed by atoms with E-state index < -0.39 is 35.0 Å². The van der Waals surface area contributed by atoms with E-state index in [-0.39, 0.29) is 24.6 Å². The van der Waals surface area contributed by atoms with Gasteiger partial charge in [-0.15, -0.1) is 0 Å². The molecule has 0 saturated heterocycles. The molecule has 0 aliphatic carbocycles. The van der Waals surface area contributed by atoms with Gasteiger partial charge in [0.2, 0.25) is 5.91 Å². The molecule has 0 spiro atoms. The first kappa shape index (κ1) is 31.4. The second-order valence-corrected chi connectivity index (χ2v) is 11.9. The van der Waals surface area contributed by atoms with Gasteiger partial charge in [-0.05, 0) is 65.2 Å². The standard InChI is InChI=1S/C32H42N4O5/c1-9-32(6,7)35(8)28(38)21(2)36(29(39)27(37)25-19-33-26-16-11-10-15-24(25)26)20-23-14-12-13-22(17-23)18-34-30(40)41-31(3,4)5/h10-17,19,21,33H,9,18,20H2,1-8H3,(H,34,40). The number of benzene rings is 2. The molecule has 0 saturated carbocycles. The van der Waals surface area contributed by atoms with E-state index in [0.29, 0.717) is 10.9 Å². The number of amides is 3. The van der Waals surface area contributed by atoms with Crippen molar-refractivity contribution in [1.29, 1.82) is 0 Å². The van der Waals surface area contributed by atoms with Crippen LogP contribution in [0.4, 0.5) is 4.79 Å². The summed E-state index contributed by atoms with van der Waals surface area (Å²) < 4.78 is 5.31. The molecule has 9 heteroatoms. The number of alkyl carbamates (subject to hydrolysis) is 1. The van der Waals surface area contributed by atoms with E-state index in [1.807, 2.05) is 57.2 Å². The number of Topliss-reactive ketones (excluding diaryl/α,β-unsaturated/α-hetero) is 1. The summed E-state index contributed by atoms with van der Waals surface area (Å²) in [4.78, 5) is 59.1. The molecule has 1 aromatic heterocycles. The van der Waals surface area contributed by atoms with E-state index in [9.17, 15) is 19.2 Å². The number of hydrogen-bond donors (Lipinski definition) is 2. The lowest BCUT2D eigenvalue weighted by Gasteiger charge is -2.39. The average Bonchev–Trinajstić information content (AvgIpc) is 3.36. The van der Waals surface area contributed by atoms with Crippen molar-refractivity contribution in [3.63, 3.8) is 0 Å². The molecule has 41 heavy (non-hydrogen) atoms. The van der Waals surface area contributed by atoms with Crippen LogP contribution in [-0.4, -0.2) is 62.7 Å². The van der Waals surface area contributed by atoms with Gasteiger partial charge >= 0.3 is 6.09 Å². The summed E-state index contributed by atoms with van der Waals surface area (Å²) in [5, 5.41) is 3.37. The van der Waals surface area contributed by atoms with Gasteiger partial charge in [-0.2, -0.15) is 0 Å². The molecule has 0 fully saturated rings. The minimum Gasteiger partial charge on any atom is -0.444 e. The van der Waals surface area contributed by atoms with Crippen molar-refractivity contribution in [3.8, 4) is 0 Å². The van der Waals surface area contributed by atoms with Crippen molar-refractivity contribution in [1.82, 2.24) is 20.1 Å².